The molecular formula is C15H15BrN2OS. The third kappa shape index (κ3) is 3.29. The molecule has 0 unspecified atom stereocenters. The normalized spacial score (nSPS) is 13.4. The Morgan fingerprint density at radius 1 is 1.10 bits per heavy atom. The number of Topliss-reactive ketones (excluding diaryl/α,β-unsaturated/α-hetero) is 1. The highest BCUT2D eigenvalue weighted by atomic mass is 79.9. The summed E-state index contributed by atoms with van der Waals surface area (Å²) in [6.07, 6.45) is 3.98. The lowest BCUT2D eigenvalue weighted by Crippen LogP contribution is -2.29. The molecule has 0 amide bonds. The first-order valence-electron chi connectivity index (χ1n) is 6.14. The van der Waals surface area contributed by atoms with Gasteiger partial charge >= 0.3 is 0 Å². The lowest BCUT2D eigenvalue weighted by Gasteiger charge is -2.20. The molecule has 1 aliphatic heterocycles. The number of hydrogen-bond donors (Lipinski definition) is 0. The minimum Gasteiger partial charge on any atom is -0.351 e. The van der Waals surface area contributed by atoms with E-state index in [1.54, 1.807) is 0 Å². The number of rotatable bonds is 4. The summed E-state index contributed by atoms with van der Waals surface area (Å²) in [7, 11) is 0. The van der Waals surface area contributed by atoms with Crippen molar-refractivity contribution in [1.82, 2.24) is 4.90 Å². The Balaban J connectivity index is 0.00000147. The van der Waals surface area contributed by atoms with E-state index in [-0.39, 0.29) is 22.8 Å². The molecule has 1 aromatic heterocycles. The maximum absolute atomic E-state index is 12.0. The predicted molar refractivity (Wildman–Crippen MR) is 88.6 cm³/mol. The van der Waals surface area contributed by atoms with E-state index in [9.17, 15) is 4.79 Å². The molecule has 0 fully saturated rings. The quantitative estimate of drug-likeness (QED) is 0.784. The summed E-state index contributed by atoms with van der Waals surface area (Å²) in [6, 6.07) is 14.0. The Bertz CT molecular complexity index is 583. The summed E-state index contributed by atoms with van der Waals surface area (Å²) in [5.41, 5.74) is 1.14. The summed E-state index contributed by atoms with van der Waals surface area (Å²) in [6.45, 7) is 1.15. The maximum Gasteiger partial charge on any atom is 0.192 e. The Hall–Kier alpha value is -1.59. The SMILES string of the molecule is Br.O=C(CN1C=CN(c2ccccc2)C1)c1cccs1. The molecule has 1 aliphatic rings. The first kappa shape index (κ1) is 14.8. The highest BCUT2D eigenvalue weighted by Crippen LogP contribution is 2.19. The Morgan fingerprint density at radius 2 is 1.90 bits per heavy atom. The van der Waals surface area contributed by atoms with Gasteiger partial charge in [0.25, 0.3) is 0 Å². The van der Waals surface area contributed by atoms with Gasteiger partial charge in [-0.3, -0.25) is 4.79 Å². The molecule has 2 aromatic rings. The number of anilines is 1. The number of hydrogen-bond acceptors (Lipinski definition) is 4. The van der Waals surface area contributed by atoms with Crippen LogP contribution in [-0.4, -0.2) is 23.9 Å². The van der Waals surface area contributed by atoms with E-state index in [4.69, 9.17) is 0 Å². The highest BCUT2D eigenvalue weighted by Gasteiger charge is 2.17. The van der Waals surface area contributed by atoms with Gasteiger partial charge < -0.3 is 9.80 Å². The molecule has 0 saturated carbocycles. The summed E-state index contributed by atoms with van der Waals surface area (Å²) in [5.74, 6) is 0.176. The molecule has 0 atom stereocenters. The van der Waals surface area contributed by atoms with Gasteiger partial charge in [-0.2, -0.15) is 0 Å². The molecule has 3 nitrogen and oxygen atoms in total. The summed E-state index contributed by atoms with van der Waals surface area (Å²) < 4.78 is 0. The average Bonchev–Trinajstić information content (AvgIpc) is 3.11. The van der Waals surface area contributed by atoms with E-state index in [1.165, 1.54) is 11.3 Å². The van der Waals surface area contributed by atoms with Crippen molar-refractivity contribution in [2.24, 2.45) is 0 Å². The number of para-hydroxylation sites is 1. The van der Waals surface area contributed by atoms with Gasteiger partial charge in [0.2, 0.25) is 0 Å². The van der Waals surface area contributed by atoms with E-state index >= 15 is 0 Å². The monoisotopic (exact) mass is 350 g/mol. The fraction of sp³-hybridized carbons (Fsp3) is 0.133. The maximum atomic E-state index is 12.0. The van der Waals surface area contributed by atoms with Gasteiger partial charge in [0.1, 0.15) is 0 Å². The second kappa shape index (κ2) is 6.72. The zero-order valence-corrected chi connectivity index (χ0v) is 13.3. The highest BCUT2D eigenvalue weighted by molar-refractivity contribution is 8.93. The lowest BCUT2D eigenvalue weighted by atomic mass is 10.3. The molecule has 5 heteroatoms. The lowest BCUT2D eigenvalue weighted by molar-refractivity contribution is 0.0963. The van der Waals surface area contributed by atoms with Gasteiger partial charge in [0, 0.05) is 18.1 Å². The van der Waals surface area contributed by atoms with Crippen molar-refractivity contribution in [1.29, 1.82) is 0 Å². The van der Waals surface area contributed by atoms with Crippen molar-refractivity contribution in [3.8, 4) is 0 Å². The first-order chi connectivity index (χ1) is 9.33. The number of halogens is 1. The molecule has 0 spiro atoms. The van der Waals surface area contributed by atoms with Crippen molar-refractivity contribution in [3.05, 3.63) is 65.1 Å². The minimum absolute atomic E-state index is 0. The molecule has 1 aromatic carbocycles. The van der Waals surface area contributed by atoms with Gasteiger partial charge in [-0.05, 0) is 23.6 Å². The standard InChI is InChI=1S/C15H14N2OS.BrH/c18-14(15-7-4-10-19-15)11-16-8-9-17(12-16)13-5-2-1-3-6-13;/h1-10H,11-12H2;1H. The fourth-order valence-corrected chi connectivity index (χ4v) is 2.71. The molecule has 2 heterocycles. The molecule has 0 bridgehead atoms. The summed E-state index contributed by atoms with van der Waals surface area (Å²) in [4.78, 5) is 17.0. The third-order valence-electron chi connectivity index (χ3n) is 3.02. The number of ketones is 1. The van der Waals surface area contributed by atoms with Crippen LogP contribution in [0.1, 0.15) is 9.67 Å². The van der Waals surface area contributed by atoms with Crippen LogP contribution in [0.4, 0.5) is 5.69 Å². The van der Waals surface area contributed by atoms with Crippen molar-refractivity contribution >= 4 is 39.8 Å². The predicted octanol–water partition coefficient (Wildman–Crippen LogP) is 3.76. The largest absolute Gasteiger partial charge is 0.351 e. The minimum atomic E-state index is 0. The van der Waals surface area contributed by atoms with E-state index in [2.05, 4.69) is 17.0 Å². The number of nitrogens with zero attached hydrogens (tertiary/aromatic N) is 2. The van der Waals surface area contributed by atoms with Crippen molar-refractivity contribution in [2.75, 3.05) is 18.1 Å². The van der Waals surface area contributed by atoms with Crippen LogP contribution in [0.2, 0.25) is 0 Å². The van der Waals surface area contributed by atoms with Crippen LogP contribution in [0, 0.1) is 0 Å². The van der Waals surface area contributed by atoms with Crippen LogP contribution in [-0.2, 0) is 0 Å². The smallest absolute Gasteiger partial charge is 0.192 e. The fourth-order valence-electron chi connectivity index (χ4n) is 2.05. The van der Waals surface area contributed by atoms with Gasteiger partial charge in [-0.15, -0.1) is 28.3 Å². The van der Waals surface area contributed by atoms with E-state index in [0.29, 0.717) is 6.54 Å². The van der Waals surface area contributed by atoms with Crippen molar-refractivity contribution in [2.45, 2.75) is 0 Å². The van der Waals surface area contributed by atoms with Crippen LogP contribution < -0.4 is 4.90 Å². The van der Waals surface area contributed by atoms with Crippen LogP contribution >= 0.6 is 28.3 Å². The molecule has 3 rings (SSSR count). The second-order valence-corrected chi connectivity index (χ2v) is 5.34. The molecule has 20 heavy (non-hydrogen) atoms. The summed E-state index contributed by atoms with van der Waals surface area (Å²) >= 11 is 1.50. The zero-order chi connectivity index (χ0) is 13.1. The molecule has 0 saturated heterocycles. The van der Waals surface area contributed by atoms with Gasteiger partial charge in [0.15, 0.2) is 5.78 Å². The number of thiophene rings is 1. The number of benzene rings is 1. The Kier molecular flexibility index (Phi) is 4.98. The van der Waals surface area contributed by atoms with Crippen molar-refractivity contribution in [3.63, 3.8) is 0 Å². The molecule has 0 radical (unpaired) electrons. The molecule has 0 aliphatic carbocycles. The van der Waals surface area contributed by atoms with E-state index in [1.807, 2.05) is 53.0 Å². The van der Waals surface area contributed by atoms with Crippen LogP contribution in [0.15, 0.2) is 60.2 Å². The average molecular weight is 351 g/mol. The molecular weight excluding hydrogens is 336 g/mol. The van der Waals surface area contributed by atoms with Crippen LogP contribution in [0.3, 0.4) is 0 Å². The van der Waals surface area contributed by atoms with E-state index in [0.717, 1.165) is 17.2 Å². The van der Waals surface area contributed by atoms with E-state index < -0.39 is 0 Å². The third-order valence-corrected chi connectivity index (χ3v) is 3.93. The number of carbonyl (C=O) groups is 1. The topological polar surface area (TPSA) is 23.6 Å². The Labute approximate surface area is 132 Å². The van der Waals surface area contributed by atoms with Gasteiger partial charge in [0.05, 0.1) is 18.1 Å². The van der Waals surface area contributed by atoms with Crippen LogP contribution in [0.25, 0.3) is 0 Å². The Morgan fingerprint density at radius 3 is 2.60 bits per heavy atom. The first-order valence-corrected chi connectivity index (χ1v) is 7.02. The zero-order valence-electron chi connectivity index (χ0n) is 10.8. The van der Waals surface area contributed by atoms with Gasteiger partial charge in [-0.1, -0.05) is 24.3 Å². The second-order valence-electron chi connectivity index (χ2n) is 4.39. The summed E-state index contributed by atoms with van der Waals surface area (Å²) in [5, 5.41) is 1.93. The number of carbonyl (C=O) groups excluding carboxylic acids is 1. The van der Waals surface area contributed by atoms with Crippen molar-refractivity contribution < 1.29 is 4.79 Å². The van der Waals surface area contributed by atoms with Gasteiger partial charge in [-0.25, -0.2) is 0 Å². The molecule has 0 N–H and O–H groups in total. The van der Waals surface area contributed by atoms with Crippen LogP contribution in [0.5, 0.6) is 0 Å². The molecule has 104 valence electrons.